The quantitative estimate of drug-likeness (QED) is 0.185. The number of hydrogen-bond acceptors (Lipinski definition) is 15. The van der Waals surface area contributed by atoms with Crippen LogP contribution in [-0.2, 0) is 37.1 Å². The lowest BCUT2D eigenvalue weighted by Crippen LogP contribution is -2.57. The second-order valence-electron chi connectivity index (χ2n) is 19.6. The normalized spacial score (nSPS) is 28.3. The average molecular weight is 966 g/mol. The first-order chi connectivity index (χ1) is 32.1. The number of benzene rings is 3. The van der Waals surface area contributed by atoms with E-state index in [9.17, 15) is 30.2 Å². The van der Waals surface area contributed by atoms with Crippen LogP contribution in [0.15, 0.2) is 54.6 Å². The van der Waals surface area contributed by atoms with Gasteiger partial charge in [0.1, 0.15) is 52.4 Å². The van der Waals surface area contributed by atoms with Crippen molar-refractivity contribution in [2.45, 2.75) is 133 Å². The number of carbonyl (C=O) groups is 3. The topological polar surface area (TPSA) is 245 Å². The van der Waals surface area contributed by atoms with E-state index in [1.165, 1.54) is 39.0 Å². The summed E-state index contributed by atoms with van der Waals surface area (Å²) in [4.78, 5) is 61.6. The van der Waals surface area contributed by atoms with E-state index >= 15 is 14.0 Å². The van der Waals surface area contributed by atoms with Gasteiger partial charge in [-0.2, -0.15) is 15.8 Å². The van der Waals surface area contributed by atoms with Crippen LogP contribution < -0.4 is 19.1 Å². The molecule has 0 radical (unpaired) electrons. The van der Waals surface area contributed by atoms with Crippen LogP contribution >= 0.6 is 14.6 Å². The second-order valence-corrected chi connectivity index (χ2v) is 25.1. The Labute approximate surface area is 394 Å². The fourth-order valence-corrected chi connectivity index (χ4v) is 14.9. The van der Waals surface area contributed by atoms with Crippen molar-refractivity contribution < 1.29 is 56.2 Å². The van der Waals surface area contributed by atoms with E-state index in [1.807, 2.05) is 0 Å². The zero-order chi connectivity index (χ0) is 48.7. The molecule has 0 aliphatic carbocycles. The number of ether oxygens (including phenoxy) is 3. The molecule has 8 atom stereocenters. The number of likely N-dealkylation sites (tertiary alicyclic amines) is 3. The molecule has 68 heavy (non-hydrogen) atoms. The minimum Gasteiger partial charge on any atom is -0.770 e. The van der Waals surface area contributed by atoms with Crippen LogP contribution in [0, 0.1) is 34.0 Å². The largest absolute Gasteiger partial charge is 0.770 e. The van der Waals surface area contributed by atoms with Gasteiger partial charge in [-0.15, -0.1) is 0 Å². The van der Waals surface area contributed by atoms with E-state index in [0.717, 1.165) is 0 Å². The standard InChI is InChI=1S/C48H52N6O12P2/c1-46(2)43(40(52-19-7-10-37(52)55)31-22-28(25-49)13-16-34(31)61-46)64-67(58,59)68(60,65-44-41(53-20-8-11-38(53)56)32-23-29(26-50)14-17-35(32)62-47(44,3)4)66-45-42(54-21-9-12-39(54)57)33-24-30(27-51)15-18-36(33)63-48(45,5)6/h13-18,22-24,40-45H,7-12,19-21H2,1-6H3,(H,58,59)/p-1/t40-,41-,42?,43+,44+,45-,68?/m1/s1. The highest BCUT2D eigenvalue weighted by molar-refractivity contribution is 8.26. The summed E-state index contributed by atoms with van der Waals surface area (Å²) in [6.07, 6.45) is -3.05. The molecule has 3 aromatic carbocycles. The number of rotatable bonds is 10. The molecule has 6 heterocycles. The average Bonchev–Trinajstić information content (AvgIpc) is 4.04. The molecule has 18 nitrogen and oxygen atoms in total. The third kappa shape index (κ3) is 8.03. The van der Waals surface area contributed by atoms with E-state index < -0.39 is 67.8 Å². The Morgan fingerprint density at radius 1 is 0.544 bits per heavy atom. The van der Waals surface area contributed by atoms with Gasteiger partial charge in [0, 0.05) is 55.6 Å². The monoisotopic (exact) mass is 965 g/mol. The molecule has 0 N–H and O–H groups in total. The zero-order valence-corrected chi connectivity index (χ0v) is 40.3. The molecule has 0 saturated carbocycles. The maximum Gasteiger partial charge on any atom is 0.399 e. The molecule has 0 spiro atoms. The molecule has 6 aliphatic rings. The van der Waals surface area contributed by atoms with E-state index in [1.54, 1.807) is 71.9 Å². The van der Waals surface area contributed by atoms with E-state index in [0.29, 0.717) is 36.0 Å². The van der Waals surface area contributed by atoms with Crippen molar-refractivity contribution in [2.75, 3.05) is 19.6 Å². The van der Waals surface area contributed by atoms with Crippen LogP contribution in [0.1, 0.15) is 132 Å². The van der Waals surface area contributed by atoms with Gasteiger partial charge in [-0.05, 0) is 115 Å². The first-order valence-electron chi connectivity index (χ1n) is 22.7. The molecular formula is C48H51N6O12P2-. The molecule has 3 unspecified atom stereocenters. The molecule has 20 heteroatoms. The van der Waals surface area contributed by atoms with Crippen LogP contribution in [0.5, 0.6) is 17.2 Å². The van der Waals surface area contributed by atoms with Crippen LogP contribution in [0.3, 0.4) is 0 Å². The Morgan fingerprint density at radius 2 is 0.838 bits per heavy atom. The van der Waals surface area contributed by atoms with Gasteiger partial charge < -0.3 is 38.3 Å². The molecule has 3 fully saturated rings. The minimum atomic E-state index is -6.23. The number of amides is 3. The number of fused-ring (bicyclic) bond motifs is 3. The number of nitrogens with zero attached hydrogens (tertiary/aromatic N) is 6. The summed E-state index contributed by atoms with van der Waals surface area (Å²) in [5.41, 5.74) is -3.22. The molecule has 3 saturated heterocycles. The van der Waals surface area contributed by atoms with Gasteiger partial charge in [0.2, 0.25) is 25.0 Å². The lowest BCUT2D eigenvalue weighted by atomic mass is 9.85. The first-order valence-corrected chi connectivity index (χ1v) is 26.5. The maximum absolute atomic E-state index is 16.7. The SMILES string of the molecule is CC1(C)Oc2ccc(C#N)cc2C(N2CCCC2=O)[C@H]1OP(=O)(O[C@H]1[C@H](N2CCCC2=O)c2cc(C#N)ccc2OC1(C)C)P(=O)([O-])O[C@H]1[C@H](N2CCCC2=O)c2cc(C#N)ccc2OC1(C)C. The van der Waals surface area contributed by atoms with Crippen LogP contribution in [0.2, 0.25) is 0 Å². The first kappa shape index (κ1) is 47.3. The Morgan fingerprint density at radius 3 is 1.10 bits per heavy atom. The highest BCUT2D eigenvalue weighted by atomic mass is 32.1. The molecule has 6 aliphatic heterocycles. The Balaban J connectivity index is 1.24. The van der Waals surface area contributed by atoms with Gasteiger partial charge in [0.25, 0.3) is 0 Å². The third-order valence-corrected chi connectivity index (χ3v) is 18.5. The van der Waals surface area contributed by atoms with Crippen molar-refractivity contribution in [3.63, 3.8) is 0 Å². The van der Waals surface area contributed by atoms with Crippen molar-refractivity contribution in [3.05, 3.63) is 88.0 Å². The molecule has 3 aromatic rings. The lowest BCUT2D eigenvalue weighted by molar-refractivity contribution is -0.210. The van der Waals surface area contributed by atoms with Gasteiger partial charge >= 0.3 is 7.28 Å². The fraction of sp³-hybridized carbons (Fsp3) is 0.500. The Kier molecular flexibility index (Phi) is 11.8. The smallest absolute Gasteiger partial charge is 0.399 e. The summed E-state index contributed by atoms with van der Waals surface area (Å²) < 4.78 is 71.7. The molecule has 0 bridgehead atoms. The predicted octanol–water partition coefficient (Wildman–Crippen LogP) is 7.02. The molecule has 356 valence electrons. The molecule has 9 rings (SSSR count). The van der Waals surface area contributed by atoms with Gasteiger partial charge in [-0.25, -0.2) is 0 Å². The fourth-order valence-electron chi connectivity index (χ4n) is 10.5. The zero-order valence-electron chi connectivity index (χ0n) is 38.5. The molecular weight excluding hydrogens is 915 g/mol. The van der Waals surface area contributed by atoms with Crippen LogP contribution in [-0.4, -0.2) is 87.2 Å². The van der Waals surface area contributed by atoms with Crippen LogP contribution in [0.25, 0.3) is 0 Å². The third-order valence-electron chi connectivity index (χ3n) is 13.8. The maximum atomic E-state index is 16.7. The predicted molar refractivity (Wildman–Crippen MR) is 238 cm³/mol. The van der Waals surface area contributed by atoms with E-state index in [4.69, 9.17) is 27.8 Å². The van der Waals surface area contributed by atoms with E-state index in [-0.39, 0.29) is 90.6 Å². The Bertz CT molecular complexity index is 2730. The van der Waals surface area contributed by atoms with Gasteiger partial charge in [0.15, 0.2) is 0 Å². The summed E-state index contributed by atoms with van der Waals surface area (Å²) in [5.74, 6) is -0.0779. The lowest BCUT2D eigenvalue weighted by Gasteiger charge is -2.52. The summed E-state index contributed by atoms with van der Waals surface area (Å²) in [5, 5.41) is 30.0. The molecule has 0 aromatic heterocycles. The number of nitriles is 3. The number of hydrogen-bond donors (Lipinski definition) is 0. The summed E-state index contributed by atoms with van der Waals surface area (Å²) in [7, 11) is -12.2. The van der Waals surface area contributed by atoms with Crippen molar-refractivity contribution in [1.29, 1.82) is 15.8 Å². The number of carbonyl (C=O) groups excluding carboxylic acids is 3. The summed E-state index contributed by atoms with van der Waals surface area (Å²) in [6.45, 7) is 10.1. The van der Waals surface area contributed by atoms with Gasteiger partial charge in [-0.3, -0.25) is 32.6 Å². The second kappa shape index (κ2) is 17.0. The van der Waals surface area contributed by atoms with Gasteiger partial charge in [0.05, 0.1) is 53.0 Å². The van der Waals surface area contributed by atoms with Crippen molar-refractivity contribution in [2.24, 2.45) is 0 Å². The Hall–Kier alpha value is -5.76. The highest BCUT2D eigenvalue weighted by Gasteiger charge is 2.61. The summed E-state index contributed by atoms with van der Waals surface area (Å²) in [6, 6.07) is 16.6. The highest BCUT2D eigenvalue weighted by Crippen LogP contribution is 2.82. The van der Waals surface area contributed by atoms with Crippen molar-refractivity contribution >= 4 is 32.3 Å². The van der Waals surface area contributed by atoms with E-state index in [2.05, 4.69) is 18.2 Å². The molecule has 3 amide bonds. The van der Waals surface area contributed by atoms with Crippen LogP contribution in [0.4, 0.5) is 0 Å². The van der Waals surface area contributed by atoms with Gasteiger partial charge in [-0.1, -0.05) is 0 Å². The van der Waals surface area contributed by atoms with Crippen molar-refractivity contribution in [3.8, 4) is 35.5 Å². The van der Waals surface area contributed by atoms with Crippen molar-refractivity contribution in [1.82, 2.24) is 14.7 Å². The summed E-state index contributed by atoms with van der Waals surface area (Å²) >= 11 is 0. The minimum absolute atomic E-state index is 0.153.